The average Bonchev–Trinajstić information content (AvgIpc) is 2.89. The van der Waals surface area contributed by atoms with Crippen LogP contribution in [0.3, 0.4) is 0 Å². The molecule has 114 valence electrons. The van der Waals surface area contributed by atoms with Crippen LogP contribution in [0.15, 0.2) is 41.1 Å². The minimum absolute atomic E-state index is 0.642. The molecule has 0 amide bonds. The third-order valence-corrected chi connectivity index (χ3v) is 4.35. The summed E-state index contributed by atoms with van der Waals surface area (Å²) in [4.78, 5) is 4.42. The number of nitrogens with zero attached hydrogens (tertiary/aromatic N) is 2. The van der Waals surface area contributed by atoms with Crippen LogP contribution in [0.1, 0.15) is 24.7 Å². The lowest BCUT2D eigenvalue weighted by Gasteiger charge is -2.17. The Morgan fingerprint density at radius 2 is 2.05 bits per heavy atom. The van der Waals surface area contributed by atoms with Gasteiger partial charge >= 0.3 is 0 Å². The fraction of sp³-hybridized carbons (Fsp3) is 0.471. The van der Waals surface area contributed by atoms with Gasteiger partial charge in [0.25, 0.3) is 0 Å². The van der Waals surface area contributed by atoms with Crippen molar-refractivity contribution in [1.29, 1.82) is 0 Å². The third-order valence-electron chi connectivity index (χ3n) is 3.82. The highest BCUT2D eigenvalue weighted by Crippen LogP contribution is 2.17. The largest absolute Gasteiger partial charge is 0.338 e. The van der Waals surface area contributed by atoms with Gasteiger partial charge in [0.2, 0.25) is 0 Å². The number of benzene rings is 1. The first-order chi connectivity index (χ1) is 10.2. The smallest absolute Gasteiger partial charge is 0.108 e. The van der Waals surface area contributed by atoms with E-state index in [0.29, 0.717) is 5.92 Å². The van der Waals surface area contributed by atoms with Gasteiger partial charge in [0.15, 0.2) is 0 Å². The molecule has 4 heteroatoms. The summed E-state index contributed by atoms with van der Waals surface area (Å²) < 4.78 is 3.26. The summed E-state index contributed by atoms with van der Waals surface area (Å²) in [6.07, 6.45) is 7.21. The molecule has 1 atom stereocenters. The number of aromatic nitrogens is 2. The van der Waals surface area contributed by atoms with Gasteiger partial charge in [0, 0.05) is 30.3 Å². The van der Waals surface area contributed by atoms with E-state index in [1.807, 2.05) is 12.4 Å². The van der Waals surface area contributed by atoms with Gasteiger partial charge in [-0.25, -0.2) is 4.98 Å². The fourth-order valence-electron chi connectivity index (χ4n) is 2.55. The highest BCUT2D eigenvalue weighted by molar-refractivity contribution is 9.10. The van der Waals surface area contributed by atoms with Crippen molar-refractivity contribution >= 4 is 15.9 Å². The molecule has 0 radical (unpaired) electrons. The van der Waals surface area contributed by atoms with Gasteiger partial charge in [-0.3, -0.25) is 0 Å². The van der Waals surface area contributed by atoms with E-state index in [1.165, 1.54) is 11.4 Å². The van der Waals surface area contributed by atoms with E-state index >= 15 is 0 Å². The highest BCUT2D eigenvalue weighted by Gasteiger charge is 2.11. The molecule has 0 bridgehead atoms. The first-order valence-electron chi connectivity index (χ1n) is 7.60. The van der Waals surface area contributed by atoms with Crippen LogP contribution >= 0.6 is 15.9 Å². The molecule has 1 aromatic heterocycles. The van der Waals surface area contributed by atoms with Gasteiger partial charge in [0.1, 0.15) is 5.82 Å². The lowest BCUT2D eigenvalue weighted by molar-refractivity contribution is 0.443. The number of rotatable bonds is 8. The highest BCUT2D eigenvalue weighted by atomic mass is 79.9. The SMILES string of the molecule is CCNCC(CCc1nccn1C)Cc1ccc(Br)cc1. The van der Waals surface area contributed by atoms with Crippen LogP contribution in [0.25, 0.3) is 0 Å². The third kappa shape index (κ3) is 5.29. The van der Waals surface area contributed by atoms with E-state index in [9.17, 15) is 0 Å². The molecule has 2 rings (SSSR count). The van der Waals surface area contributed by atoms with Crippen molar-refractivity contribution in [3.8, 4) is 0 Å². The van der Waals surface area contributed by atoms with Crippen molar-refractivity contribution in [3.63, 3.8) is 0 Å². The molecule has 0 saturated heterocycles. The molecule has 1 aromatic carbocycles. The first kappa shape index (κ1) is 16.2. The Balaban J connectivity index is 1.93. The van der Waals surface area contributed by atoms with Crippen LogP contribution in [-0.2, 0) is 19.9 Å². The Kier molecular flexibility index (Phi) is 6.46. The minimum Gasteiger partial charge on any atom is -0.338 e. The molecule has 1 heterocycles. The van der Waals surface area contributed by atoms with E-state index in [4.69, 9.17) is 0 Å². The van der Waals surface area contributed by atoms with Gasteiger partial charge in [-0.15, -0.1) is 0 Å². The maximum atomic E-state index is 4.42. The summed E-state index contributed by atoms with van der Waals surface area (Å²) in [6, 6.07) is 8.67. The van der Waals surface area contributed by atoms with E-state index in [1.54, 1.807) is 0 Å². The van der Waals surface area contributed by atoms with Crippen LogP contribution < -0.4 is 5.32 Å². The number of imidazole rings is 1. The maximum Gasteiger partial charge on any atom is 0.108 e. The number of hydrogen-bond donors (Lipinski definition) is 1. The Labute approximate surface area is 135 Å². The average molecular weight is 350 g/mol. The molecule has 3 nitrogen and oxygen atoms in total. The topological polar surface area (TPSA) is 29.9 Å². The van der Waals surface area contributed by atoms with Gasteiger partial charge in [-0.2, -0.15) is 0 Å². The lowest BCUT2D eigenvalue weighted by atomic mass is 9.94. The van der Waals surface area contributed by atoms with Crippen LogP contribution in [-0.4, -0.2) is 22.6 Å². The number of nitrogens with one attached hydrogen (secondary N) is 1. The summed E-state index contributed by atoms with van der Waals surface area (Å²) in [5.74, 6) is 1.81. The molecule has 0 aliphatic carbocycles. The molecule has 0 fully saturated rings. The lowest BCUT2D eigenvalue weighted by Crippen LogP contribution is -2.24. The molecule has 0 spiro atoms. The second kappa shape index (κ2) is 8.35. The Bertz CT molecular complexity index is 533. The maximum absolute atomic E-state index is 4.42. The molecule has 21 heavy (non-hydrogen) atoms. The zero-order valence-electron chi connectivity index (χ0n) is 12.8. The molecule has 1 unspecified atom stereocenters. The standard InChI is InChI=1S/C17H24BrN3/c1-3-19-13-15(6-9-17-20-10-11-21(17)2)12-14-4-7-16(18)8-5-14/h4-5,7-8,10-11,15,19H,3,6,9,12-13H2,1-2H3. The summed E-state index contributed by atoms with van der Waals surface area (Å²) in [7, 11) is 2.07. The Morgan fingerprint density at radius 1 is 1.29 bits per heavy atom. The normalized spacial score (nSPS) is 12.5. The quantitative estimate of drug-likeness (QED) is 0.789. The van der Waals surface area contributed by atoms with E-state index in [-0.39, 0.29) is 0 Å². The second-order valence-corrected chi connectivity index (χ2v) is 6.41. The number of aryl methyl sites for hydroxylation is 2. The summed E-state index contributed by atoms with van der Waals surface area (Å²) in [5, 5.41) is 3.49. The summed E-state index contributed by atoms with van der Waals surface area (Å²) >= 11 is 3.50. The monoisotopic (exact) mass is 349 g/mol. The zero-order chi connectivity index (χ0) is 15.1. The molecule has 1 N–H and O–H groups in total. The molecular weight excluding hydrogens is 326 g/mol. The predicted molar refractivity (Wildman–Crippen MR) is 91.4 cm³/mol. The number of hydrogen-bond acceptors (Lipinski definition) is 2. The second-order valence-electron chi connectivity index (χ2n) is 5.50. The van der Waals surface area contributed by atoms with Crippen LogP contribution in [0.4, 0.5) is 0 Å². The van der Waals surface area contributed by atoms with Crippen LogP contribution in [0.2, 0.25) is 0 Å². The first-order valence-corrected chi connectivity index (χ1v) is 8.39. The Morgan fingerprint density at radius 3 is 2.67 bits per heavy atom. The molecule has 0 aliphatic rings. The van der Waals surface area contributed by atoms with Crippen molar-refractivity contribution in [2.24, 2.45) is 13.0 Å². The van der Waals surface area contributed by atoms with E-state index in [2.05, 4.69) is 69.0 Å². The minimum atomic E-state index is 0.642. The predicted octanol–water partition coefficient (Wildman–Crippen LogP) is 3.58. The van der Waals surface area contributed by atoms with Gasteiger partial charge in [-0.05, 0) is 49.5 Å². The van der Waals surface area contributed by atoms with Crippen molar-refractivity contribution in [3.05, 3.63) is 52.5 Å². The van der Waals surface area contributed by atoms with Gasteiger partial charge in [-0.1, -0.05) is 35.0 Å². The van der Waals surface area contributed by atoms with E-state index in [0.717, 1.165) is 36.8 Å². The number of halogens is 1. The molecule has 2 aromatic rings. The van der Waals surface area contributed by atoms with Crippen molar-refractivity contribution in [2.45, 2.75) is 26.2 Å². The van der Waals surface area contributed by atoms with Crippen LogP contribution in [0, 0.1) is 5.92 Å². The fourth-order valence-corrected chi connectivity index (χ4v) is 2.81. The summed E-state index contributed by atoms with van der Waals surface area (Å²) in [6.45, 7) is 4.26. The molecule has 0 aliphatic heterocycles. The van der Waals surface area contributed by atoms with Crippen molar-refractivity contribution in [1.82, 2.24) is 14.9 Å². The van der Waals surface area contributed by atoms with Gasteiger partial charge < -0.3 is 9.88 Å². The van der Waals surface area contributed by atoms with Crippen LogP contribution in [0.5, 0.6) is 0 Å². The summed E-state index contributed by atoms with van der Waals surface area (Å²) in [5.41, 5.74) is 1.40. The van der Waals surface area contributed by atoms with E-state index < -0.39 is 0 Å². The van der Waals surface area contributed by atoms with Gasteiger partial charge in [0.05, 0.1) is 0 Å². The molecule has 0 saturated carbocycles. The van der Waals surface area contributed by atoms with Crippen molar-refractivity contribution < 1.29 is 0 Å². The van der Waals surface area contributed by atoms with Crippen molar-refractivity contribution in [2.75, 3.05) is 13.1 Å². The molecular formula is C17H24BrN3. The zero-order valence-corrected chi connectivity index (χ0v) is 14.4. The Hall–Kier alpha value is -1.13.